The Balaban J connectivity index is 0.821. The minimum Gasteiger partial charge on any atom is -0.488 e. The zero-order valence-electron chi connectivity index (χ0n) is 50.7. The lowest BCUT2D eigenvalue weighted by molar-refractivity contribution is -0.0210. The van der Waals surface area contributed by atoms with E-state index in [1.165, 1.54) is 0 Å². The Morgan fingerprint density at radius 1 is 0.391 bits per heavy atom. The summed E-state index contributed by atoms with van der Waals surface area (Å²) >= 11 is 0. The second-order valence-electron chi connectivity index (χ2n) is 23.7. The van der Waals surface area contributed by atoms with Gasteiger partial charge in [-0.2, -0.15) is 0 Å². The van der Waals surface area contributed by atoms with Crippen LogP contribution in [0.3, 0.4) is 0 Å². The highest BCUT2D eigenvalue weighted by Gasteiger charge is 2.25. The number of aromatic amines is 1. The number of benzene rings is 9. The first kappa shape index (κ1) is 54.6. The maximum Gasteiger partial charge on any atom is 0.153 e. The quantitative estimate of drug-likeness (QED) is 0.108. The van der Waals surface area contributed by atoms with Gasteiger partial charge in [0.05, 0.1) is 74.8 Å². The number of ether oxygens (including phenoxy) is 3. The molecule has 0 bridgehead atoms. The summed E-state index contributed by atoms with van der Waals surface area (Å²) in [7, 11) is 1.68. The summed E-state index contributed by atoms with van der Waals surface area (Å²) in [6.07, 6.45) is 3.45. The van der Waals surface area contributed by atoms with Gasteiger partial charge in [0, 0.05) is 91.3 Å². The maximum atomic E-state index is 6.81. The average molecular weight is 1190 g/mol. The van der Waals surface area contributed by atoms with Gasteiger partial charge in [-0.15, -0.1) is 0 Å². The van der Waals surface area contributed by atoms with Gasteiger partial charge >= 0.3 is 0 Å². The monoisotopic (exact) mass is 1190 g/mol. The van der Waals surface area contributed by atoms with Crippen molar-refractivity contribution in [1.29, 1.82) is 0 Å². The third-order valence-electron chi connectivity index (χ3n) is 17.8. The van der Waals surface area contributed by atoms with Crippen LogP contribution in [0, 0.1) is 0 Å². The van der Waals surface area contributed by atoms with Crippen LogP contribution < -0.4 is 4.74 Å². The van der Waals surface area contributed by atoms with Crippen LogP contribution in [-0.4, -0.2) is 66.6 Å². The molecule has 0 radical (unpaired) electrons. The molecule has 442 valence electrons. The molecule has 17 aromatic rings. The van der Waals surface area contributed by atoms with Gasteiger partial charge in [-0.3, -0.25) is 9.97 Å². The Labute approximate surface area is 529 Å². The molecule has 92 heavy (non-hydrogen) atoms. The minimum absolute atomic E-state index is 0.103. The molecular weight excluding hydrogens is 1130 g/mol. The van der Waals surface area contributed by atoms with Crippen LogP contribution in [0.4, 0.5) is 0 Å². The molecule has 0 spiro atoms. The third kappa shape index (κ3) is 9.35. The molecule has 0 aliphatic carbocycles. The van der Waals surface area contributed by atoms with E-state index in [0.717, 1.165) is 161 Å². The lowest BCUT2D eigenvalue weighted by Crippen LogP contribution is -2.24. The predicted molar refractivity (Wildman–Crippen MR) is 373 cm³/mol. The van der Waals surface area contributed by atoms with E-state index in [-0.39, 0.29) is 12.2 Å². The van der Waals surface area contributed by atoms with Crippen molar-refractivity contribution in [3.8, 4) is 84.1 Å². The average Bonchev–Trinajstić information content (AvgIpc) is 1.58. The molecule has 17 rings (SSSR count). The number of pyridine rings is 4. The minimum atomic E-state index is -0.298. The summed E-state index contributed by atoms with van der Waals surface area (Å²) in [5.74, 6) is 0.657. The van der Waals surface area contributed by atoms with Crippen molar-refractivity contribution in [3.63, 3.8) is 0 Å². The Morgan fingerprint density at radius 2 is 0.880 bits per heavy atom. The van der Waals surface area contributed by atoms with E-state index in [0.29, 0.717) is 24.5 Å². The summed E-state index contributed by atoms with van der Waals surface area (Å²) in [5, 5.41) is 4.02. The second-order valence-corrected chi connectivity index (χ2v) is 23.7. The fourth-order valence-corrected chi connectivity index (χ4v) is 13.6. The van der Waals surface area contributed by atoms with Crippen LogP contribution in [-0.2, 0) is 9.47 Å². The largest absolute Gasteiger partial charge is 0.488 e. The van der Waals surface area contributed by atoms with Crippen LogP contribution in [0.5, 0.6) is 5.75 Å². The van der Waals surface area contributed by atoms with Crippen molar-refractivity contribution < 1.29 is 18.6 Å². The molecule has 2 unspecified atom stereocenters. The highest BCUT2D eigenvalue weighted by atomic mass is 16.6. The number of furan rings is 1. The van der Waals surface area contributed by atoms with Gasteiger partial charge in [0.25, 0.3) is 0 Å². The van der Waals surface area contributed by atoms with Crippen molar-refractivity contribution in [2.24, 2.45) is 0 Å². The highest BCUT2D eigenvalue weighted by Crippen LogP contribution is 2.45. The lowest BCUT2D eigenvalue weighted by atomic mass is 10.0. The molecule has 0 aliphatic heterocycles. The number of para-hydroxylation sites is 2. The van der Waals surface area contributed by atoms with Crippen LogP contribution in [0.15, 0.2) is 266 Å². The van der Waals surface area contributed by atoms with Gasteiger partial charge in [-0.05, 0) is 127 Å². The standard InChI is InChI=1S/C81H59N7O4/c1-49(47-89-3)90-48-50(2)91-59-43-55(68-33-34-71-74(85-68)66-45-57(30-32-70(66)84-71)87-78-60(51-18-8-4-9-19-51)26-16-28-64(78)76-80(87)62(38-40-82-76)53-22-12-6-13-23-53)42-56(44-59)69-35-37-73-75(86-69)67-46-58(31-36-72(67)92-73)88-79-61(52-20-10-5-11-21-52)27-17-29-65(79)77-81(88)63(39-41-83-77)54-24-14-7-15-25-54/h4-46,49-50,84H,47-48H2,1-3H3. The van der Waals surface area contributed by atoms with Crippen molar-refractivity contribution in [3.05, 3.63) is 261 Å². The van der Waals surface area contributed by atoms with Crippen LogP contribution in [0.25, 0.3) is 166 Å². The first-order valence-corrected chi connectivity index (χ1v) is 31.1. The summed E-state index contributed by atoms with van der Waals surface area (Å²) < 4.78 is 29.8. The Kier molecular flexibility index (Phi) is 13.4. The second kappa shape index (κ2) is 22.5. The number of hydrogen-bond donors (Lipinski definition) is 1. The fraction of sp³-hybridized carbons (Fsp3) is 0.0864. The van der Waals surface area contributed by atoms with Gasteiger partial charge in [0.15, 0.2) is 5.58 Å². The Bertz CT molecular complexity index is 5150. The van der Waals surface area contributed by atoms with Crippen LogP contribution in [0.1, 0.15) is 13.8 Å². The van der Waals surface area contributed by atoms with E-state index in [1.807, 2.05) is 38.4 Å². The van der Waals surface area contributed by atoms with E-state index in [1.54, 1.807) is 7.11 Å². The van der Waals surface area contributed by atoms with Crippen LogP contribution >= 0.6 is 0 Å². The number of H-pyrrole nitrogens is 1. The summed E-state index contributed by atoms with van der Waals surface area (Å²) in [6.45, 7) is 4.87. The molecule has 1 N–H and O–H groups in total. The maximum absolute atomic E-state index is 6.81. The molecular formula is C81H59N7O4. The Morgan fingerprint density at radius 3 is 1.43 bits per heavy atom. The molecule has 11 heteroatoms. The number of rotatable bonds is 15. The van der Waals surface area contributed by atoms with Gasteiger partial charge < -0.3 is 32.7 Å². The van der Waals surface area contributed by atoms with Crippen molar-refractivity contribution in [2.45, 2.75) is 26.1 Å². The van der Waals surface area contributed by atoms with E-state index < -0.39 is 0 Å². The Hall–Kier alpha value is -11.5. The molecule has 0 fully saturated rings. The number of nitrogens with one attached hydrogen (secondary N) is 1. The molecule has 9 aromatic carbocycles. The number of methoxy groups -OCH3 is 1. The summed E-state index contributed by atoms with van der Waals surface area (Å²) in [6, 6.07) is 87.3. The SMILES string of the molecule is COCC(C)OCC(C)Oc1cc(-c2ccc3[nH]c4ccc(-n5c6c(-c7ccccc7)cccc6c6nccc(-c7ccccc7)c65)cc4c3n2)cc(-c2ccc3oc4ccc(-n5c6c(-c7ccccc7)cccc6c6nccc(-c7ccccc7)c65)cc4c3n2)c1. The normalized spacial score (nSPS) is 12.6. The molecule has 0 saturated carbocycles. The van der Waals surface area contributed by atoms with E-state index in [4.69, 9.17) is 38.6 Å². The summed E-state index contributed by atoms with van der Waals surface area (Å²) in [5.41, 5.74) is 25.0. The first-order valence-electron chi connectivity index (χ1n) is 31.1. The summed E-state index contributed by atoms with van der Waals surface area (Å²) in [4.78, 5) is 25.0. The van der Waals surface area contributed by atoms with E-state index >= 15 is 0 Å². The molecule has 0 saturated heterocycles. The zero-order valence-corrected chi connectivity index (χ0v) is 50.7. The predicted octanol–water partition coefficient (Wildman–Crippen LogP) is 19.8. The topological polar surface area (TPSA) is 118 Å². The van der Waals surface area contributed by atoms with Gasteiger partial charge in [0.2, 0.25) is 0 Å². The van der Waals surface area contributed by atoms with Crippen molar-refractivity contribution in [1.82, 2.24) is 34.1 Å². The molecule has 8 aromatic heterocycles. The molecule has 8 heterocycles. The molecule has 11 nitrogen and oxygen atoms in total. The van der Waals surface area contributed by atoms with Crippen molar-refractivity contribution in [2.75, 3.05) is 20.3 Å². The number of aromatic nitrogens is 7. The van der Waals surface area contributed by atoms with E-state index in [9.17, 15) is 0 Å². The van der Waals surface area contributed by atoms with Crippen molar-refractivity contribution >= 4 is 87.9 Å². The third-order valence-corrected chi connectivity index (χ3v) is 17.8. The van der Waals surface area contributed by atoms with Crippen LogP contribution in [0.2, 0.25) is 0 Å². The number of fused-ring (bicyclic) bond motifs is 12. The zero-order chi connectivity index (χ0) is 61.4. The van der Waals surface area contributed by atoms with Gasteiger partial charge in [-0.1, -0.05) is 158 Å². The smallest absolute Gasteiger partial charge is 0.153 e. The van der Waals surface area contributed by atoms with E-state index in [2.05, 4.69) is 251 Å². The lowest BCUT2D eigenvalue weighted by Gasteiger charge is -2.19. The highest BCUT2D eigenvalue weighted by molar-refractivity contribution is 6.18. The number of nitrogens with zero attached hydrogens (tertiary/aromatic N) is 6. The molecule has 0 amide bonds. The van der Waals surface area contributed by atoms with Gasteiger partial charge in [0.1, 0.15) is 23.0 Å². The first-order chi connectivity index (χ1) is 45.4. The molecule has 0 aliphatic rings. The van der Waals surface area contributed by atoms with Gasteiger partial charge in [-0.25, -0.2) is 9.97 Å². The number of hydrogen-bond acceptors (Lipinski definition) is 8. The fourth-order valence-electron chi connectivity index (χ4n) is 13.6. The molecule has 2 atom stereocenters.